The lowest BCUT2D eigenvalue weighted by atomic mass is 9.87. The average molecular weight is 258 g/mol. The van der Waals surface area contributed by atoms with Gasteiger partial charge in [-0.2, -0.15) is 0 Å². The van der Waals surface area contributed by atoms with Gasteiger partial charge in [0.1, 0.15) is 0 Å². The van der Waals surface area contributed by atoms with Gasteiger partial charge in [-0.25, -0.2) is 0 Å². The van der Waals surface area contributed by atoms with Crippen molar-refractivity contribution in [2.75, 3.05) is 19.6 Å². The summed E-state index contributed by atoms with van der Waals surface area (Å²) in [5.74, 6) is 2.34. The molecular weight excluding hydrogens is 232 g/mol. The van der Waals surface area contributed by atoms with Gasteiger partial charge in [0.15, 0.2) is 0 Å². The SMILES string of the molecule is CC1CCN(Cc2ccc(C3CC3)cc2)CC1CN. The fourth-order valence-electron chi connectivity index (χ4n) is 3.25. The van der Waals surface area contributed by atoms with E-state index in [0.29, 0.717) is 5.92 Å². The van der Waals surface area contributed by atoms with Crippen LogP contribution in [0, 0.1) is 11.8 Å². The van der Waals surface area contributed by atoms with Crippen molar-refractivity contribution < 1.29 is 0 Å². The molecule has 3 rings (SSSR count). The molecule has 19 heavy (non-hydrogen) atoms. The predicted octanol–water partition coefficient (Wildman–Crippen LogP) is 2.98. The van der Waals surface area contributed by atoms with Crippen molar-refractivity contribution in [3.05, 3.63) is 35.4 Å². The fourth-order valence-corrected chi connectivity index (χ4v) is 3.25. The van der Waals surface area contributed by atoms with Crippen LogP contribution in [-0.4, -0.2) is 24.5 Å². The minimum Gasteiger partial charge on any atom is -0.330 e. The van der Waals surface area contributed by atoms with E-state index in [4.69, 9.17) is 5.73 Å². The summed E-state index contributed by atoms with van der Waals surface area (Å²) in [6, 6.07) is 9.31. The Hall–Kier alpha value is -0.860. The molecule has 0 spiro atoms. The van der Waals surface area contributed by atoms with E-state index in [1.54, 1.807) is 0 Å². The van der Waals surface area contributed by atoms with Gasteiger partial charge in [-0.1, -0.05) is 31.2 Å². The zero-order valence-electron chi connectivity index (χ0n) is 12.0. The van der Waals surface area contributed by atoms with Gasteiger partial charge < -0.3 is 5.73 Å². The second-order valence-corrected chi connectivity index (χ2v) is 6.51. The maximum Gasteiger partial charge on any atom is 0.0233 e. The van der Waals surface area contributed by atoms with Crippen LogP contribution in [-0.2, 0) is 6.54 Å². The molecule has 1 aliphatic carbocycles. The molecule has 0 amide bonds. The molecule has 1 saturated carbocycles. The van der Waals surface area contributed by atoms with Gasteiger partial charge in [0.2, 0.25) is 0 Å². The topological polar surface area (TPSA) is 29.3 Å². The van der Waals surface area contributed by atoms with Crippen LogP contribution >= 0.6 is 0 Å². The molecule has 2 heteroatoms. The van der Waals surface area contributed by atoms with Crippen molar-refractivity contribution in [2.24, 2.45) is 17.6 Å². The average Bonchev–Trinajstić information content (AvgIpc) is 3.26. The highest BCUT2D eigenvalue weighted by molar-refractivity contribution is 5.28. The fraction of sp³-hybridized carbons (Fsp3) is 0.647. The molecule has 2 aliphatic rings. The number of nitrogens with two attached hydrogens (primary N) is 1. The van der Waals surface area contributed by atoms with Crippen LogP contribution in [0.15, 0.2) is 24.3 Å². The molecule has 104 valence electrons. The Bertz CT molecular complexity index is 408. The van der Waals surface area contributed by atoms with E-state index in [1.807, 2.05) is 0 Å². The minimum absolute atomic E-state index is 0.680. The summed E-state index contributed by atoms with van der Waals surface area (Å²) in [6.07, 6.45) is 4.07. The Kier molecular flexibility index (Phi) is 3.90. The zero-order valence-corrected chi connectivity index (χ0v) is 12.0. The van der Waals surface area contributed by atoms with Gasteiger partial charge in [-0.3, -0.25) is 4.90 Å². The highest BCUT2D eigenvalue weighted by Crippen LogP contribution is 2.39. The van der Waals surface area contributed by atoms with Gasteiger partial charge in [0.05, 0.1) is 0 Å². The molecule has 0 bridgehead atoms. The number of piperidine rings is 1. The lowest BCUT2D eigenvalue weighted by Crippen LogP contribution is -2.42. The molecular formula is C17H26N2. The van der Waals surface area contributed by atoms with Crippen LogP contribution in [0.4, 0.5) is 0 Å². The lowest BCUT2D eigenvalue weighted by Gasteiger charge is -2.36. The second-order valence-electron chi connectivity index (χ2n) is 6.51. The van der Waals surface area contributed by atoms with Crippen LogP contribution in [0.2, 0.25) is 0 Å². The largest absolute Gasteiger partial charge is 0.330 e. The van der Waals surface area contributed by atoms with E-state index >= 15 is 0 Å². The van der Waals surface area contributed by atoms with E-state index in [2.05, 4.69) is 36.1 Å². The smallest absolute Gasteiger partial charge is 0.0233 e. The van der Waals surface area contributed by atoms with E-state index in [-0.39, 0.29) is 0 Å². The second kappa shape index (κ2) is 5.64. The number of benzene rings is 1. The Balaban J connectivity index is 1.58. The highest BCUT2D eigenvalue weighted by Gasteiger charge is 2.25. The molecule has 2 N–H and O–H groups in total. The van der Waals surface area contributed by atoms with Crippen LogP contribution < -0.4 is 5.73 Å². The monoisotopic (exact) mass is 258 g/mol. The maximum atomic E-state index is 5.88. The van der Waals surface area contributed by atoms with Crippen molar-refractivity contribution in [3.8, 4) is 0 Å². The third kappa shape index (κ3) is 3.18. The summed E-state index contributed by atoms with van der Waals surface area (Å²) < 4.78 is 0. The van der Waals surface area contributed by atoms with Crippen molar-refractivity contribution in [1.29, 1.82) is 0 Å². The summed E-state index contributed by atoms with van der Waals surface area (Å²) in [6.45, 7) is 6.66. The number of hydrogen-bond acceptors (Lipinski definition) is 2. The summed E-state index contributed by atoms with van der Waals surface area (Å²) in [4.78, 5) is 2.57. The van der Waals surface area contributed by atoms with Gasteiger partial charge >= 0.3 is 0 Å². The van der Waals surface area contributed by atoms with Crippen molar-refractivity contribution in [2.45, 2.75) is 38.6 Å². The molecule has 2 fully saturated rings. The predicted molar refractivity (Wildman–Crippen MR) is 80.0 cm³/mol. The third-order valence-corrected chi connectivity index (χ3v) is 4.94. The van der Waals surface area contributed by atoms with Crippen molar-refractivity contribution in [3.63, 3.8) is 0 Å². The van der Waals surface area contributed by atoms with Gasteiger partial charge in [0, 0.05) is 13.1 Å². The van der Waals surface area contributed by atoms with Crippen molar-refractivity contribution in [1.82, 2.24) is 4.90 Å². The first-order valence-electron chi connectivity index (χ1n) is 7.77. The summed E-state index contributed by atoms with van der Waals surface area (Å²) in [5, 5.41) is 0. The summed E-state index contributed by atoms with van der Waals surface area (Å²) >= 11 is 0. The number of hydrogen-bond donors (Lipinski definition) is 1. The molecule has 1 aliphatic heterocycles. The first kappa shape index (κ1) is 13.1. The molecule has 1 aromatic rings. The van der Waals surface area contributed by atoms with Gasteiger partial charge in [-0.15, -0.1) is 0 Å². The summed E-state index contributed by atoms with van der Waals surface area (Å²) in [7, 11) is 0. The Labute approximate surface area is 117 Å². The van der Waals surface area contributed by atoms with Gasteiger partial charge in [-0.05, 0) is 61.2 Å². The molecule has 1 saturated heterocycles. The molecule has 1 aromatic carbocycles. The Morgan fingerprint density at radius 3 is 2.53 bits per heavy atom. The molecule has 2 atom stereocenters. The number of likely N-dealkylation sites (tertiary alicyclic amines) is 1. The molecule has 1 heterocycles. The van der Waals surface area contributed by atoms with Crippen LogP contribution in [0.1, 0.15) is 43.2 Å². The summed E-state index contributed by atoms with van der Waals surface area (Å²) in [5.41, 5.74) is 8.87. The first-order valence-corrected chi connectivity index (χ1v) is 7.77. The van der Waals surface area contributed by atoms with Crippen LogP contribution in [0.25, 0.3) is 0 Å². The van der Waals surface area contributed by atoms with E-state index in [9.17, 15) is 0 Å². The van der Waals surface area contributed by atoms with E-state index < -0.39 is 0 Å². The highest BCUT2D eigenvalue weighted by atomic mass is 15.1. The third-order valence-electron chi connectivity index (χ3n) is 4.94. The number of nitrogens with zero attached hydrogens (tertiary/aromatic N) is 1. The quantitative estimate of drug-likeness (QED) is 0.899. The van der Waals surface area contributed by atoms with E-state index in [0.717, 1.165) is 24.9 Å². The number of rotatable bonds is 4. The minimum atomic E-state index is 0.680. The van der Waals surface area contributed by atoms with E-state index in [1.165, 1.54) is 43.5 Å². The maximum absolute atomic E-state index is 5.88. The molecule has 2 nitrogen and oxygen atoms in total. The molecule has 0 aromatic heterocycles. The zero-order chi connectivity index (χ0) is 13.2. The van der Waals surface area contributed by atoms with Crippen molar-refractivity contribution >= 4 is 0 Å². The normalized spacial score (nSPS) is 28.5. The Morgan fingerprint density at radius 2 is 1.89 bits per heavy atom. The standard InChI is InChI=1S/C17H26N2/c1-13-8-9-19(12-17(13)10-18)11-14-2-4-15(5-3-14)16-6-7-16/h2-5,13,16-17H,6-12,18H2,1H3. The lowest BCUT2D eigenvalue weighted by molar-refractivity contribution is 0.126. The Morgan fingerprint density at radius 1 is 1.16 bits per heavy atom. The van der Waals surface area contributed by atoms with Gasteiger partial charge in [0.25, 0.3) is 0 Å². The molecule has 0 radical (unpaired) electrons. The van der Waals surface area contributed by atoms with Crippen LogP contribution in [0.3, 0.4) is 0 Å². The molecule has 2 unspecified atom stereocenters. The van der Waals surface area contributed by atoms with Crippen LogP contribution in [0.5, 0.6) is 0 Å². The first-order chi connectivity index (χ1) is 9.26.